The van der Waals surface area contributed by atoms with Gasteiger partial charge >= 0.3 is 50.9 Å². The van der Waals surface area contributed by atoms with Crippen LogP contribution >= 0.6 is 29.4 Å². The Hall–Kier alpha value is -1.29. The molecule has 35 heavy (non-hydrogen) atoms. The van der Waals surface area contributed by atoms with Gasteiger partial charge in [0.05, 0.1) is 16.6 Å². The van der Waals surface area contributed by atoms with Crippen LogP contribution in [-0.2, 0) is 17.5 Å². The molecule has 1 aliphatic heterocycles. The molecule has 1 atom stereocenters. The fourth-order valence-corrected chi connectivity index (χ4v) is 3.71. The van der Waals surface area contributed by atoms with Crippen LogP contribution in [0.3, 0.4) is 0 Å². The Morgan fingerprint density at radius 3 is 2.46 bits per heavy atom. The predicted octanol–water partition coefficient (Wildman–Crippen LogP) is 5.36. The molecule has 196 valence electrons. The number of carbonyl (C=O) groups excluding carboxylic acids is 1. The topological polar surface area (TPSA) is 98.2 Å². The zero-order chi connectivity index (χ0) is 27.0. The maximum atomic E-state index is 12.8. The van der Waals surface area contributed by atoms with Gasteiger partial charge in [-0.2, -0.15) is 31.4 Å². The molecular weight excluding hydrogens is 811 g/mol. The normalized spacial score (nSPS) is 16.4. The first-order chi connectivity index (χ1) is 16.4. The number of thiazole rings is 1. The van der Waals surface area contributed by atoms with Gasteiger partial charge in [0.25, 0.3) is 5.91 Å². The van der Waals surface area contributed by atoms with Crippen LogP contribution in [0.15, 0.2) is 29.0 Å². The molecule has 1 aliphatic rings. The number of halogens is 7. The number of aromatic nitrogens is 3. The van der Waals surface area contributed by atoms with E-state index in [1.807, 2.05) is 13.8 Å². The molecule has 0 fully saturated rings. The summed E-state index contributed by atoms with van der Waals surface area (Å²) in [5.74, 6) is -0.868. The van der Waals surface area contributed by atoms with Gasteiger partial charge in [0.1, 0.15) is 17.1 Å². The van der Waals surface area contributed by atoms with Crippen LogP contribution in [-0.4, -0.2) is 39.6 Å². The summed E-state index contributed by atoms with van der Waals surface area (Å²) in [6.45, 7) is 4.47. The monoisotopic (exact) mass is 833 g/mol. The molecule has 3 N–H and O–H groups in total. The molecule has 16 heteroatoms. The van der Waals surface area contributed by atoms with Crippen LogP contribution in [0.4, 0.5) is 26.3 Å². The molecule has 0 bridgehead atoms. The zero-order valence-corrected chi connectivity index (χ0v) is 24.5. The summed E-state index contributed by atoms with van der Waals surface area (Å²) in [7, 11) is 1.15. The van der Waals surface area contributed by atoms with E-state index in [2.05, 4.69) is 38.4 Å². The Bertz CT molecular complexity index is 1050. The van der Waals surface area contributed by atoms with E-state index in [0.29, 0.717) is 42.5 Å². The standard InChI is InChI=1S/C17H16F6N6OS.C2H6.AtI/c1-25-10(6-13(24)16(18,19)20)14(30)27-8-3-2-4-29-11(8)5-9(28-29)12-7-26-15(31-12)17(21,22)23;2*1-2/h5-8H,2-4,24H2,1H3,(H,27,30);1-2H3;/b13-6-,25-10?;;. The second-order valence-corrected chi connectivity index (χ2v) is 7.61. The number of alkyl halides is 6. The van der Waals surface area contributed by atoms with Crippen LogP contribution in [0.1, 0.15) is 43.4 Å². The van der Waals surface area contributed by atoms with Crippen molar-refractivity contribution < 1.29 is 51.7 Å². The molecule has 2 aromatic rings. The molecule has 0 saturated heterocycles. The summed E-state index contributed by atoms with van der Waals surface area (Å²) < 4.78 is 77.9. The van der Waals surface area contributed by atoms with Gasteiger partial charge in [-0.25, -0.2) is 4.98 Å². The maximum absolute atomic E-state index is 12.8. The van der Waals surface area contributed by atoms with E-state index in [1.54, 1.807) is 25.2 Å². The number of allylic oxidation sites excluding steroid dienone is 1. The van der Waals surface area contributed by atoms with Crippen LogP contribution in [0.25, 0.3) is 10.6 Å². The third-order valence-electron chi connectivity index (χ3n) is 4.43. The quantitative estimate of drug-likeness (QED) is 0.247. The molecule has 0 aliphatic carbocycles. The fraction of sp³-hybridized carbons (Fsp3) is 0.474. The first-order valence-electron chi connectivity index (χ1n) is 9.97. The Labute approximate surface area is 226 Å². The average Bonchev–Trinajstić information content (AvgIpc) is 3.47. The first kappa shape index (κ1) is 31.7. The molecule has 7 nitrogen and oxygen atoms in total. The zero-order valence-electron chi connectivity index (χ0n) is 18.6. The summed E-state index contributed by atoms with van der Waals surface area (Å²) >= 11 is 4.34. The third kappa shape index (κ3) is 8.65. The number of carbonyl (C=O) groups is 1. The summed E-state index contributed by atoms with van der Waals surface area (Å²) in [4.78, 5) is 19.6. The number of rotatable bonds is 4. The minimum atomic E-state index is -4.81. The van der Waals surface area contributed by atoms with Gasteiger partial charge in [0, 0.05) is 19.8 Å². The number of amides is 1. The van der Waals surface area contributed by atoms with E-state index >= 15 is 0 Å². The number of nitrogens with zero attached hydrogens (tertiary/aromatic N) is 4. The van der Waals surface area contributed by atoms with Crippen LogP contribution in [0.2, 0.25) is 0 Å². The molecule has 2 aromatic heterocycles. The van der Waals surface area contributed by atoms with E-state index in [-0.39, 0.29) is 10.6 Å². The minimum absolute atomic E-state index is 0.205. The second kappa shape index (κ2) is 13.9. The van der Waals surface area contributed by atoms with Crippen molar-refractivity contribution in [3.05, 3.63) is 34.7 Å². The fourth-order valence-electron chi connectivity index (χ4n) is 2.97. The van der Waals surface area contributed by atoms with E-state index in [9.17, 15) is 31.1 Å². The molecule has 0 radical (unpaired) electrons. The molecule has 0 saturated carbocycles. The number of nitrogens with one attached hydrogen (secondary N) is 1. The Balaban J connectivity index is 0.00000145. The van der Waals surface area contributed by atoms with Crippen LogP contribution in [0, 0.1) is 20.5 Å². The molecule has 1 unspecified atom stereocenters. The van der Waals surface area contributed by atoms with E-state index in [1.165, 1.54) is 6.07 Å². The summed E-state index contributed by atoms with van der Waals surface area (Å²) in [5.41, 5.74) is 3.75. The molecular formula is C19H22AtF6IN6OS. The Morgan fingerprint density at radius 2 is 1.94 bits per heavy atom. The van der Waals surface area contributed by atoms with E-state index in [0.717, 1.165) is 13.2 Å². The molecule has 0 aromatic carbocycles. The van der Waals surface area contributed by atoms with E-state index < -0.39 is 40.7 Å². The van der Waals surface area contributed by atoms with Gasteiger partial charge in [0.2, 0.25) is 0 Å². The van der Waals surface area contributed by atoms with Crippen molar-refractivity contribution in [1.82, 2.24) is 20.1 Å². The first-order valence-corrected chi connectivity index (χ1v) is 19.1. The number of aryl methyl sites for hydroxylation is 1. The van der Waals surface area contributed by atoms with Crippen LogP contribution < -0.4 is 11.1 Å². The second-order valence-electron chi connectivity index (χ2n) is 6.58. The summed E-state index contributed by atoms with van der Waals surface area (Å²) in [6, 6.07) is 0.912. The predicted molar refractivity (Wildman–Crippen MR) is 126 cm³/mol. The molecule has 3 rings (SSSR count). The molecule has 3 heterocycles. The van der Waals surface area contributed by atoms with Gasteiger partial charge in [-0.15, -0.1) is 11.3 Å². The molecule has 0 spiro atoms. The van der Waals surface area contributed by atoms with E-state index in [4.69, 9.17) is 5.73 Å². The average molecular weight is 833 g/mol. The number of fused-ring (bicyclic) bond motifs is 1. The van der Waals surface area contributed by atoms with Gasteiger partial charge in [-0.1, -0.05) is 13.8 Å². The van der Waals surface area contributed by atoms with Crippen molar-refractivity contribution in [2.45, 2.75) is 51.6 Å². The SMILES string of the molecule is CC.CN=C(/C=C(\N)C(F)(F)F)C(=O)NC1CCCn2nc(-c3cnc(C(F)(F)F)s3)cc21.I[At]. The molecule has 1 amide bonds. The van der Waals surface area contributed by atoms with Crippen LogP contribution in [0.5, 0.6) is 0 Å². The van der Waals surface area contributed by atoms with Crippen molar-refractivity contribution in [3.8, 4) is 10.6 Å². The van der Waals surface area contributed by atoms with Crippen molar-refractivity contribution >= 4 is 41.0 Å². The number of nitrogens with two attached hydrogens (primary N) is 1. The third-order valence-corrected chi connectivity index (χ3v) is 5.49. The van der Waals surface area contributed by atoms with Crippen molar-refractivity contribution in [2.75, 3.05) is 7.05 Å². The Kier molecular flexibility index (Phi) is 12.6. The van der Waals surface area contributed by atoms with Gasteiger partial charge in [-0.3, -0.25) is 14.5 Å². The summed E-state index contributed by atoms with van der Waals surface area (Å²) in [5, 5.41) is 5.86. The number of hydrogen-bond donors (Lipinski definition) is 2. The summed E-state index contributed by atoms with van der Waals surface area (Å²) in [6.07, 6.45) is -6.81. The number of aliphatic imine (C=N–C) groups is 1. The van der Waals surface area contributed by atoms with Gasteiger partial charge in [0.15, 0.2) is 5.01 Å². The Morgan fingerprint density at radius 1 is 1.31 bits per heavy atom. The van der Waals surface area contributed by atoms with Crippen molar-refractivity contribution in [1.29, 1.82) is 0 Å². The van der Waals surface area contributed by atoms with Crippen molar-refractivity contribution in [3.63, 3.8) is 0 Å². The van der Waals surface area contributed by atoms with Gasteiger partial charge in [-0.05, 0) is 25.0 Å². The van der Waals surface area contributed by atoms with Gasteiger partial charge < -0.3 is 11.1 Å². The number of hydrogen-bond acceptors (Lipinski definition) is 6. The van der Waals surface area contributed by atoms with Crippen molar-refractivity contribution in [2.24, 2.45) is 10.7 Å².